The summed E-state index contributed by atoms with van der Waals surface area (Å²) in [5, 5.41) is 20.4. The third-order valence-corrected chi connectivity index (χ3v) is 9.69. The summed E-state index contributed by atoms with van der Waals surface area (Å²) in [6.07, 6.45) is 41.8. The first-order valence-corrected chi connectivity index (χ1v) is 21.5. The third kappa shape index (κ3) is 26.9. The Morgan fingerprint density at radius 3 is 0.895 bits per heavy atom. The quantitative estimate of drug-likeness (QED) is 0.0358. The summed E-state index contributed by atoms with van der Waals surface area (Å²) in [5.74, 6) is -1.83. The van der Waals surface area contributed by atoms with Crippen molar-refractivity contribution in [2.24, 2.45) is 0 Å². The minimum Gasteiger partial charge on any atom is -0.550 e. The number of rotatable bonds is 30. The van der Waals surface area contributed by atoms with Crippen LogP contribution in [0.25, 0.3) is 21.5 Å². The minimum absolute atomic E-state index is 0. The van der Waals surface area contributed by atoms with E-state index >= 15 is 0 Å². The maximum atomic E-state index is 11.2. The van der Waals surface area contributed by atoms with Crippen molar-refractivity contribution < 1.29 is 45.7 Å². The molecule has 3 aromatic rings. The molecule has 2 aromatic heterocycles. The Labute approximate surface area is 349 Å². The van der Waals surface area contributed by atoms with Gasteiger partial charge in [-0.25, -0.2) is 19.2 Å². The number of carboxylic acids is 2. The van der Waals surface area contributed by atoms with Gasteiger partial charge in [0.1, 0.15) is 0 Å². The zero-order valence-electron chi connectivity index (χ0n) is 34.6. The van der Waals surface area contributed by atoms with E-state index in [-0.39, 0.29) is 51.5 Å². The van der Waals surface area contributed by atoms with Gasteiger partial charge in [0.2, 0.25) is 0 Å². The van der Waals surface area contributed by atoms with Crippen LogP contribution in [0, 0.1) is 0 Å². The minimum atomic E-state index is -0.914. The largest absolute Gasteiger partial charge is 2.00 e. The Hall–Kier alpha value is -3.56. The first-order valence-electron chi connectivity index (χ1n) is 21.5. The van der Waals surface area contributed by atoms with Crippen LogP contribution in [0.15, 0.2) is 64.4 Å². The molecule has 0 aliphatic carbocycles. The van der Waals surface area contributed by atoms with Crippen LogP contribution < -0.4 is 32.7 Å². The number of carbonyl (C=O) groups is 2. The van der Waals surface area contributed by atoms with Crippen molar-refractivity contribution in [3.63, 3.8) is 0 Å². The van der Waals surface area contributed by atoms with Crippen LogP contribution >= 0.6 is 0 Å². The second-order valence-corrected chi connectivity index (χ2v) is 14.7. The van der Waals surface area contributed by atoms with Crippen LogP contribution in [0.2, 0.25) is 0 Å². The summed E-state index contributed by atoms with van der Waals surface area (Å²) in [6, 6.07) is 2.29. The molecular weight excluding hydrogens is 776 g/mol. The topological polar surface area (TPSA) is 175 Å². The molecule has 3 rings (SSSR count). The normalized spacial score (nSPS) is 11.1. The molecule has 1 aromatic carbocycles. The fourth-order valence-electron chi connectivity index (χ4n) is 6.34. The molecule has 0 fully saturated rings. The summed E-state index contributed by atoms with van der Waals surface area (Å²) in [5.41, 5.74) is -3.30. The summed E-state index contributed by atoms with van der Waals surface area (Å²) in [7, 11) is 0. The number of carbonyl (C=O) groups excluding carboxylic acids is 2. The number of aliphatic carboxylic acids is 2. The molecule has 0 bridgehead atoms. The number of hydrogen-bond acceptors (Lipinski definition) is 10. The van der Waals surface area contributed by atoms with Gasteiger partial charge in [0.25, 0.3) is 0 Å². The number of unbranched alkanes of at least 4 members (excludes halogenated alkanes) is 22. The van der Waals surface area contributed by atoms with Gasteiger partial charge in [-0.1, -0.05) is 141 Å². The van der Waals surface area contributed by atoms with Gasteiger partial charge in [0, 0.05) is 11.9 Å². The SMILES string of the molecule is CCCCCCCC/C=C\CCCCCCCC(=O)[O-].CCCCCCCC/C=C\CCCCCCCC(=O)[O-].O=c1oc(=O)c2cc3c(=O)oc(=O)c3cc12.[Cu+2]. The number of furan rings is 2. The van der Waals surface area contributed by atoms with Crippen molar-refractivity contribution in [3.05, 3.63) is 78.1 Å². The average molecular weight is 845 g/mol. The van der Waals surface area contributed by atoms with Crippen molar-refractivity contribution in [1.82, 2.24) is 0 Å². The summed E-state index contributed by atoms with van der Waals surface area (Å²) >= 11 is 0. The second kappa shape index (κ2) is 35.6. The van der Waals surface area contributed by atoms with Gasteiger partial charge in [-0.15, -0.1) is 0 Å². The van der Waals surface area contributed by atoms with Gasteiger partial charge in [-0.05, 0) is 89.2 Å². The van der Waals surface area contributed by atoms with E-state index in [0.717, 1.165) is 50.7 Å². The maximum Gasteiger partial charge on any atom is 2.00 e. The molecule has 0 spiro atoms. The van der Waals surface area contributed by atoms with E-state index in [2.05, 4.69) is 47.0 Å². The zero-order chi connectivity index (χ0) is 41.2. The van der Waals surface area contributed by atoms with E-state index in [1.54, 1.807) is 0 Å². The number of fused-ring (bicyclic) bond motifs is 2. The monoisotopic (exact) mass is 843 g/mol. The van der Waals surface area contributed by atoms with Crippen LogP contribution in [-0.4, -0.2) is 11.9 Å². The molecule has 0 aliphatic heterocycles. The van der Waals surface area contributed by atoms with Crippen LogP contribution in [0.5, 0.6) is 0 Å². The first kappa shape index (κ1) is 53.4. The molecule has 0 unspecified atom stereocenters. The molecule has 0 saturated heterocycles. The van der Waals surface area contributed by atoms with Gasteiger partial charge in [0.15, 0.2) is 0 Å². The molecule has 1 radical (unpaired) electrons. The molecule has 0 N–H and O–H groups in total. The van der Waals surface area contributed by atoms with Crippen molar-refractivity contribution in [3.8, 4) is 0 Å². The van der Waals surface area contributed by atoms with E-state index in [0.29, 0.717) is 0 Å². The third-order valence-electron chi connectivity index (χ3n) is 9.69. The van der Waals surface area contributed by atoms with Crippen LogP contribution in [-0.2, 0) is 26.7 Å². The molecule has 0 saturated carbocycles. The van der Waals surface area contributed by atoms with E-state index < -0.39 is 34.4 Å². The Bertz CT molecular complexity index is 1550. The standard InChI is InChI=1S/2C18H34O2.C10H2O6.Cu/c2*1-2-3-4-5-6-7-8-9-10-11-12-13-14-15-16-17-18(19)20;11-7-3-1-4-6(10(14)16-8(4)12)2-5(3)9(13)15-7;/h2*9-10H,2-8,11-17H2,1H3,(H,19,20);1-2H;/q;;;+2/p-2/b2*10-9-;;. The van der Waals surface area contributed by atoms with E-state index in [4.69, 9.17) is 0 Å². The molecule has 0 amide bonds. The van der Waals surface area contributed by atoms with Gasteiger partial charge in [-0.2, -0.15) is 0 Å². The fourth-order valence-corrected chi connectivity index (χ4v) is 6.34. The van der Waals surface area contributed by atoms with Crippen LogP contribution in [0.3, 0.4) is 0 Å². The van der Waals surface area contributed by atoms with Crippen LogP contribution in [0.1, 0.15) is 194 Å². The zero-order valence-corrected chi connectivity index (χ0v) is 35.6. The Morgan fingerprint density at radius 2 is 0.649 bits per heavy atom. The van der Waals surface area contributed by atoms with E-state index in [1.807, 2.05) is 0 Å². The van der Waals surface area contributed by atoms with Gasteiger partial charge < -0.3 is 28.6 Å². The number of hydrogen-bond donors (Lipinski definition) is 0. The molecule has 2 heterocycles. The molecule has 57 heavy (non-hydrogen) atoms. The summed E-state index contributed by atoms with van der Waals surface area (Å²) in [4.78, 5) is 65.2. The fraction of sp³-hybridized carbons (Fsp3) is 0.652. The van der Waals surface area contributed by atoms with Gasteiger partial charge in [0.05, 0.1) is 21.5 Å². The van der Waals surface area contributed by atoms with Crippen molar-refractivity contribution >= 4 is 33.5 Å². The van der Waals surface area contributed by atoms with Crippen molar-refractivity contribution in [2.75, 3.05) is 0 Å². The van der Waals surface area contributed by atoms with Gasteiger partial charge >= 0.3 is 39.6 Å². The van der Waals surface area contributed by atoms with Crippen LogP contribution in [0.4, 0.5) is 0 Å². The predicted molar refractivity (Wildman–Crippen MR) is 222 cm³/mol. The second-order valence-electron chi connectivity index (χ2n) is 14.7. The number of allylic oxidation sites excluding steroid dienone is 4. The first-order chi connectivity index (χ1) is 27.1. The van der Waals surface area contributed by atoms with Crippen molar-refractivity contribution in [1.29, 1.82) is 0 Å². The van der Waals surface area contributed by atoms with Gasteiger partial charge in [-0.3, -0.25) is 0 Å². The molecule has 10 nitrogen and oxygen atoms in total. The van der Waals surface area contributed by atoms with E-state index in [1.165, 1.54) is 128 Å². The van der Waals surface area contributed by atoms with Crippen molar-refractivity contribution in [2.45, 2.75) is 194 Å². The average Bonchev–Trinajstić information content (AvgIpc) is 3.62. The summed E-state index contributed by atoms with van der Waals surface area (Å²) < 4.78 is 8.68. The smallest absolute Gasteiger partial charge is 0.550 e. The molecule has 0 atom stereocenters. The Kier molecular flexibility index (Phi) is 33.4. The Morgan fingerprint density at radius 1 is 0.421 bits per heavy atom. The van der Waals surface area contributed by atoms with E-state index in [9.17, 15) is 39.0 Å². The molecule has 323 valence electrons. The molecule has 0 aliphatic rings. The predicted octanol–water partition coefficient (Wildman–Crippen LogP) is 9.04. The number of carboxylic acid groups (broad SMARTS) is 2. The Balaban J connectivity index is 0.000000821. The molecular formula is C46H68CuO10. The maximum absolute atomic E-state index is 11.2. The number of benzene rings is 1. The summed E-state index contributed by atoms with van der Waals surface area (Å²) in [6.45, 7) is 4.51. The molecule has 11 heteroatoms.